The molecule has 1 aromatic heterocycles. The first kappa shape index (κ1) is 11.0. The van der Waals surface area contributed by atoms with E-state index in [2.05, 4.69) is 20.9 Å². The maximum absolute atomic E-state index is 6.15. The fourth-order valence-corrected chi connectivity index (χ4v) is 2.51. The van der Waals surface area contributed by atoms with Gasteiger partial charge in [-0.05, 0) is 34.5 Å². The zero-order chi connectivity index (χ0) is 11.2. The summed E-state index contributed by atoms with van der Waals surface area (Å²) in [4.78, 5) is 4.23. The number of hydrogen-bond acceptors (Lipinski definition) is 2. The van der Waals surface area contributed by atoms with E-state index in [0.717, 1.165) is 15.6 Å². The molecule has 0 aliphatic rings. The number of aryl methyl sites for hydroxylation is 1. The van der Waals surface area contributed by atoms with Crippen LogP contribution in [0.15, 0.2) is 16.7 Å². The maximum Gasteiger partial charge on any atom is 0.0763 e. The average molecular weight is 306 g/mol. The second-order valence-corrected chi connectivity index (χ2v) is 4.85. The molecule has 0 aliphatic carbocycles. The number of nitrogens with zero attached hydrogens (tertiary/aromatic N) is 1. The molecule has 78 valence electrons. The van der Waals surface area contributed by atoms with Crippen LogP contribution in [-0.4, -0.2) is 4.98 Å². The highest BCUT2D eigenvalue weighted by Crippen LogP contribution is 2.38. The molecule has 2 rings (SSSR count). The number of anilines is 1. The monoisotopic (exact) mass is 304 g/mol. The van der Waals surface area contributed by atoms with Crippen molar-refractivity contribution in [3.05, 3.63) is 32.3 Å². The van der Waals surface area contributed by atoms with Crippen LogP contribution in [0.4, 0.5) is 5.69 Å². The Morgan fingerprint density at radius 3 is 2.67 bits per heavy atom. The summed E-state index contributed by atoms with van der Waals surface area (Å²) in [6.07, 6.45) is 1.54. The second-order valence-electron chi connectivity index (χ2n) is 3.24. The quantitative estimate of drug-likeness (QED) is 0.792. The van der Waals surface area contributed by atoms with E-state index in [1.165, 1.54) is 0 Å². The minimum atomic E-state index is 0.434. The molecule has 2 N–H and O–H groups in total. The zero-order valence-electron chi connectivity index (χ0n) is 7.81. The van der Waals surface area contributed by atoms with Crippen LogP contribution < -0.4 is 5.73 Å². The molecule has 2 nitrogen and oxygen atoms in total. The van der Waals surface area contributed by atoms with Gasteiger partial charge in [0.15, 0.2) is 0 Å². The molecule has 0 spiro atoms. The number of fused-ring (bicyclic) bond motifs is 1. The van der Waals surface area contributed by atoms with Crippen LogP contribution >= 0.6 is 39.1 Å². The Labute approximate surface area is 106 Å². The number of nitrogens with two attached hydrogens (primary N) is 1. The molecule has 0 atom stereocenters. The van der Waals surface area contributed by atoms with Crippen LogP contribution in [0.25, 0.3) is 10.9 Å². The minimum absolute atomic E-state index is 0.434. The lowest BCUT2D eigenvalue weighted by atomic mass is 10.1. The molecular weight excluding hydrogens is 299 g/mol. The summed E-state index contributed by atoms with van der Waals surface area (Å²) in [5, 5.41) is 1.69. The first-order chi connectivity index (χ1) is 7.02. The number of rotatable bonds is 0. The van der Waals surface area contributed by atoms with Crippen molar-refractivity contribution in [2.75, 3.05) is 5.73 Å². The standard InChI is InChI=1S/C10H7BrCl2N2/c1-4-2-5(11)8(12)7-9(13)6(14)3-15-10(4)7/h2-3H,14H2,1H3. The van der Waals surface area contributed by atoms with Crippen molar-refractivity contribution in [3.63, 3.8) is 0 Å². The van der Waals surface area contributed by atoms with Crippen molar-refractivity contribution >= 4 is 55.7 Å². The largest absolute Gasteiger partial charge is 0.396 e. The van der Waals surface area contributed by atoms with Crippen molar-refractivity contribution in [1.29, 1.82) is 0 Å². The van der Waals surface area contributed by atoms with Gasteiger partial charge in [-0.25, -0.2) is 0 Å². The predicted molar refractivity (Wildman–Crippen MR) is 68.6 cm³/mol. The lowest BCUT2D eigenvalue weighted by Gasteiger charge is -2.09. The highest BCUT2D eigenvalue weighted by atomic mass is 79.9. The van der Waals surface area contributed by atoms with Crippen molar-refractivity contribution in [3.8, 4) is 0 Å². The van der Waals surface area contributed by atoms with E-state index in [0.29, 0.717) is 21.1 Å². The van der Waals surface area contributed by atoms with Gasteiger partial charge in [0.25, 0.3) is 0 Å². The molecule has 1 heterocycles. The van der Waals surface area contributed by atoms with Crippen molar-refractivity contribution < 1.29 is 0 Å². The molecule has 0 aliphatic heterocycles. The Kier molecular flexibility index (Phi) is 2.79. The Bertz CT molecular complexity index is 547. The summed E-state index contributed by atoms with van der Waals surface area (Å²) in [6, 6.07) is 1.91. The van der Waals surface area contributed by atoms with Gasteiger partial charge < -0.3 is 5.73 Å². The van der Waals surface area contributed by atoms with Crippen LogP contribution in [-0.2, 0) is 0 Å². The van der Waals surface area contributed by atoms with Gasteiger partial charge in [0.2, 0.25) is 0 Å². The van der Waals surface area contributed by atoms with Gasteiger partial charge in [-0.2, -0.15) is 0 Å². The number of hydrogen-bond donors (Lipinski definition) is 1. The molecule has 2 aromatic rings. The van der Waals surface area contributed by atoms with Gasteiger partial charge >= 0.3 is 0 Å². The summed E-state index contributed by atoms with van der Waals surface area (Å²) >= 11 is 15.6. The summed E-state index contributed by atoms with van der Waals surface area (Å²) in [6.45, 7) is 1.95. The fourth-order valence-electron chi connectivity index (χ4n) is 1.44. The third kappa shape index (κ3) is 1.69. The highest BCUT2D eigenvalue weighted by Gasteiger charge is 2.13. The lowest BCUT2D eigenvalue weighted by Crippen LogP contribution is -1.92. The molecule has 0 saturated carbocycles. The summed E-state index contributed by atoms with van der Waals surface area (Å²) < 4.78 is 0.795. The van der Waals surface area contributed by atoms with Gasteiger partial charge in [-0.1, -0.05) is 23.2 Å². The Morgan fingerprint density at radius 2 is 2.00 bits per heavy atom. The fraction of sp³-hybridized carbons (Fsp3) is 0.100. The molecule has 15 heavy (non-hydrogen) atoms. The topological polar surface area (TPSA) is 38.9 Å². The maximum atomic E-state index is 6.15. The van der Waals surface area contributed by atoms with E-state index < -0.39 is 0 Å². The van der Waals surface area contributed by atoms with Gasteiger partial charge in [0.05, 0.1) is 27.4 Å². The molecule has 1 aromatic carbocycles. The van der Waals surface area contributed by atoms with Crippen molar-refractivity contribution in [1.82, 2.24) is 4.98 Å². The predicted octanol–water partition coefficient (Wildman–Crippen LogP) is 4.19. The molecule has 5 heteroatoms. The van der Waals surface area contributed by atoms with Gasteiger partial charge in [-0.3, -0.25) is 4.98 Å². The number of pyridine rings is 1. The highest BCUT2D eigenvalue weighted by molar-refractivity contribution is 9.10. The van der Waals surface area contributed by atoms with Gasteiger partial charge in [-0.15, -0.1) is 0 Å². The molecule has 0 bridgehead atoms. The molecule has 0 amide bonds. The number of aromatic nitrogens is 1. The van der Waals surface area contributed by atoms with Crippen LogP contribution in [0.5, 0.6) is 0 Å². The van der Waals surface area contributed by atoms with E-state index in [1.54, 1.807) is 6.20 Å². The summed E-state index contributed by atoms with van der Waals surface area (Å²) in [5.41, 5.74) is 7.90. The van der Waals surface area contributed by atoms with E-state index >= 15 is 0 Å². The number of benzene rings is 1. The van der Waals surface area contributed by atoms with E-state index in [-0.39, 0.29) is 0 Å². The van der Waals surface area contributed by atoms with E-state index in [4.69, 9.17) is 28.9 Å². The molecule has 0 radical (unpaired) electrons. The molecule has 0 fully saturated rings. The third-order valence-electron chi connectivity index (χ3n) is 2.19. The number of halogens is 3. The number of nitrogen functional groups attached to an aromatic ring is 1. The first-order valence-electron chi connectivity index (χ1n) is 4.20. The average Bonchev–Trinajstić information content (AvgIpc) is 2.19. The smallest absolute Gasteiger partial charge is 0.0763 e. The Morgan fingerprint density at radius 1 is 1.33 bits per heavy atom. The Balaban J connectivity index is 3.04. The zero-order valence-corrected chi connectivity index (χ0v) is 10.9. The van der Waals surface area contributed by atoms with Crippen LogP contribution in [0.3, 0.4) is 0 Å². The van der Waals surface area contributed by atoms with Crippen molar-refractivity contribution in [2.45, 2.75) is 6.92 Å². The summed E-state index contributed by atoms with van der Waals surface area (Å²) in [7, 11) is 0. The normalized spacial score (nSPS) is 10.9. The Hall–Kier alpha value is -0.510. The van der Waals surface area contributed by atoms with Crippen LogP contribution in [0, 0.1) is 6.92 Å². The third-order valence-corrected chi connectivity index (χ3v) is 3.84. The molecule has 0 unspecified atom stereocenters. The minimum Gasteiger partial charge on any atom is -0.396 e. The first-order valence-corrected chi connectivity index (χ1v) is 5.75. The van der Waals surface area contributed by atoms with Gasteiger partial charge in [0, 0.05) is 9.86 Å². The van der Waals surface area contributed by atoms with E-state index in [1.807, 2.05) is 13.0 Å². The van der Waals surface area contributed by atoms with Gasteiger partial charge in [0.1, 0.15) is 0 Å². The van der Waals surface area contributed by atoms with E-state index in [9.17, 15) is 0 Å². The molecular formula is C10H7BrCl2N2. The second kappa shape index (κ2) is 3.81. The lowest BCUT2D eigenvalue weighted by molar-refractivity contribution is 1.36. The SMILES string of the molecule is Cc1cc(Br)c(Cl)c2c(Cl)c(N)cnc12. The van der Waals surface area contributed by atoms with Crippen LogP contribution in [0.1, 0.15) is 5.56 Å². The van der Waals surface area contributed by atoms with Crippen LogP contribution in [0.2, 0.25) is 10.0 Å². The molecule has 0 saturated heterocycles. The van der Waals surface area contributed by atoms with Crippen molar-refractivity contribution in [2.24, 2.45) is 0 Å². The summed E-state index contributed by atoms with van der Waals surface area (Å²) in [5.74, 6) is 0.